The van der Waals surface area contributed by atoms with Crippen LogP contribution in [-0.2, 0) is 0 Å². The highest BCUT2D eigenvalue weighted by Gasteiger charge is 2.30. The van der Waals surface area contributed by atoms with Crippen LogP contribution in [0, 0.1) is 5.82 Å². The predicted octanol–water partition coefficient (Wildman–Crippen LogP) is 3.69. The maximum atomic E-state index is 14.3. The van der Waals surface area contributed by atoms with E-state index in [9.17, 15) is 14.3 Å². The number of nitrogens with zero attached hydrogens (tertiary/aromatic N) is 6. The van der Waals surface area contributed by atoms with E-state index in [1.54, 1.807) is 35.2 Å². The molecule has 1 fully saturated rings. The van der Waals surface area contributed by atoms with E-state index < -0.39 is 11.9 Å². The van der Waals surface area contributed by atoms with E-state index in [2.05, 4.69) is 35.6 Å². The summed E-state index contributed by atoms with van der Waals surface area (Å²) in [4.78, 5) is 26.2. The number of halogens is 1. The molecule has 0 spiro atoms. The van der Waals surface area contributed by atoms with Gasteiger partial charge in [-0.1, -0.05) is 0 Å². The van der Waals surface area contributed by atoms with Crippen LogP contribution in [0.4, 0.5) is 26.5 Å². The van der Waals surface area contributed by atoms with Gasteiger partial charge in [0, 0.05) is 25.0 Å². The van der Waals surface area contributed by atoms with Crippen molar-refractivity contribution >= 4 is 28.9 Å². The molecular weight excluding hydrogens is 439 g/mol. The van der Waals surface area contributed by atoms with Gasteiger partial charge in [0.05, 0.1) is 35.3 Å². The Bertz CT molecular complexity index is 1340. The van der Waals surface area contributed by atoms with E-state index in [0.717, 1.165) is 30.6 Å². The lowest BCUT2D eigenvalue weighted by Gasteiger charge is -2.41. The number of fused-ring (bicyclic) bond motifs is 1. The van der Waals surface area contributed by atoms with E-state index in [1.165, 1.54) is 18.3 Å². The van der Waals surface area contributed by atoms with Gasteiger partial charge in [-0.2, -0.15) is 9.61 Å². The minimum absolute atomic E-state index is 0.0540. The molecule has 34 heavy (non-hydrogen) atoms. The number of piperidine rings is 1. The molecule has 1 aliphatic heterocycles. The van der Waals surface area contributed by atoms with Crippen molar-refractivity contribution in [1.29, 1.82) is 0 Å². The zero-order valence-electron chi connectivity index (χ0n) is 18.4. The van der Waals surface area contributed by atoms with Crippen molar-refractivity contribution in [2.45, 2.75) is 31.8 Å². The third-order valence-electron chi connectivity index (χ3n) is 6.04. The van der Waals surface area contributed by atoms with Gasteiger partial charge in [-0.25, -0.2) is 14.2 Å². The fraction of sp³-hybridized carbons (Fsp3) is 0.261. The molecule has 1 saturated heterocycles. The average molecular weight is 462 g/mol. The molecular formula is C23H23FN8O2. The molecule has 11 heteroatoms. The number of amides is 1. The van der Waals surface area contributed by atoms with Crippen molar-refractivity contribution in [3.63, 3.8) is 0 Å². The number of nitrogens with one attached hydrogen (secondary N) is 2. The summed E-state index contributed by atoms with van der Waals surface area (Å²) >= 11 is 0. The van der Waals surface area contributed by atoms with Gasteiger partial charge in [0.2, 0.25) is 5.95 Å². The molecule has 1 amide bonds. The smallest absolute Gasteiger partial charge is 0.404 e. The molecule has 0 bridgehead atoms. The number of hydrogen-bond acceptors (Lipinski definition) is 7. The Kier molecular flexibility index (Phi) is 5.66. The summed E-state index contributed by atoms with van der Waals surface area (Å²) in [6, 6.07) is 8.03. The van der Waals surface area contributed by atoms with Crippen LogP contribution in [0.2, 0.25) is 0 Å². The molecule has 1 aliphatic rings. The Labute approximate surface area is 194 Å². The molecule has 5 heterocycles. The van der Waals surface area contributed by atoms with E-state index in [-0.39, 0.29) is 17.8 Å². The van der Waals surface area contributed by atoms with Crippen molar-refractivity contribution in [2.24, 2.45) is 0 Å². The summed E-state index contributed by atoms with van der Waals surface area (Å²) in [5.74, 6) is -0.0190. The van der Waals surface area contributed by atoms with Crippen LogP contribution in [-0.4, -0.2) is 54.4 Å². The molecule has 0 aromatic carbocycles. The van der Waals surface area contributed by atoms with Gasteiger partial charge >= 0.3 is 6.09 Å². The van der Waals surface area contributed by atoms with Crippen molar-refractivity contribution in [3.05, 3.63) is 60.9 Å². The van der Waals surface area contributed by atoms with Gasteiger partial charge < -0.3 is 20.6 Å². The molecule has 5 rings (SSSR count). The highest BCUT2D eigenvalue weighted by Crippen LogP contribution is 2.32. The Hall–Kier alpha value is -4.28. The lowest BCUT2D eigenvalue weighted by Crippen LogP contribution is -2.54. The Morgan fingerprint density at radius 2 is 2.06 bits per heavy atom. The number of carboxylic acid groups (broad SMARTS) is 1. The quantitative estimate of drug-likeness (QED) is 0.411. The number of anilines is 3. The Morgan fingerprint density at radius 3 is 2.88 bits per heavy atom. The molecule has 174 valence electrons. The maximum absolute atomic E-state index is 14.3. The van der Waals surface area contributed by atoms with Crippen molar-refractivity contribution in [2.75, 3.05) is 16.8 Å². The number of hydrogen-bond donors (Lipinski definition) is 3. The Balaban J connectivity index is 1.48. The monoisotopic (exact) mass is 462 g/mol. The molecule has 0 unspecified atom stereocenters. The second-order valence-corrected chi connectivity index (χ2v) is 8.12. The van der Waals surface area contributed by atoms with Gasteiger partial charge in [0.15, 0.2) is 5.82 Å². The number of carbonyl (C=O) groups is 1. The molecule has 4 aromatic rings. The largest absolute Gasteiger partial charge is 0.465 e. The second-order valence-electron chi connectivity index (χ2n) is 8.12. The number of aromatic nitrogens is 5. The topological polar surface area (TPSA) is 121 Å². The van der Waals surface area contributed by atoms with Crippen LogP contribution in [0.1, 0.15) is 19.8 Å². The first kappa shape index (κ1) is 21.6. The third-order valence-corrected chi connectivity index (χ3v) is 6.04. The predicted molar refractivity (Wildman–Crippen MR) is 125 cm³/mol. The van der Waals surface area contributed by atoms with E-state index >= 15 is 0 Å². The first-order chi connectivity index (χ1) is 16.5. The van der Waals surface area contributed by atoms with E-state index in [0.29, 0.717) is 17.3 Å². The SMILES string of the molecule is C[C@H]1[C@@H](NC(=O)O)CCCN1c1ccncc1Nc1ncc2ccc(-c3ncccc3F)nn12. The first-order valence-electron chi connectivity index (χ1n) is 10.9. The highest BCUT2D eigenvalue weighted by atomic mass is 19.1. The van der Waals surface area contributed by atoms with Crippen LogP contribution in [0.3, 0.4) is 0 Å². The minimum Gasteiger partial charge on any atom is -0.465 e. The van der Waals surface area contributed by atoms with Crippen LogP contribution in [0.25, 0.3) is 16.9 Å². The van der Waals surface area contributed by atoms with Crippen LogP contribution < -0.4 is 15.5 Å². The summed E-state index contributed by atoms with van der Waals surface area (Å²) in [5.41, 5.74) is 2.85. The van der Waals surface area contributed by atoms with E-state index in [4.69, 9.17) is 0 Å². The summed E-state index contributed by atoms with van der Waals surface area (Å²) in [7, 11) is 0. The summed E-state index contributed by atoms with van der Waals surface area (Å²) in [6.07, 6.45) is 7.18. The average Bonchev–Trinajstić information content (AvgIpc) is 3.23. The van der Waals surface area contributed by atoms with Gasteiger partial charge in [-0.05, 0) is 50.1 Å². The van der Waals surface area contributed by atoms with Crippen molar-refractivity contribution < 1.29 is 14.3 Å². The molecule has 0 aliphatic carbocycles. The van der Waals surface area contributed by atoms with Gasteiger partial charge in [0.1, 0.15) is 11.4 Å². The second kappa shape index (κ2) is 8.93. The fourth-order valence-electron chi connectivity index (χ4n) is 4.36. The minimum atomic E-state index is -1.03. The molecule has 3 N–H and O–H groups in total. The van der Waals surface area contributed by atoms with Crippen molar-refractivity contribution in [3.8, 4) is 11.4 Å². The zero-order valence-corrected chi connectivity index (χ0v) is 18.4. The summed E-state index contributed by atoms with van der Waals surface area (Å²) < 4.78 is 15.8. The Morgan fingerprint density at radius 1 is 1.18 bits per heavy atom. The summed E-state index contributed by atoms with van der Waals surface area (Å²) in [6.45, 7) is 2.78. The van der Waals surface area contributed by atoms with Gasteiger partial charge in [-0.15, -0.1) is 0 Å². The standard InChI is InChI=1S/C23H23FN8O2/c1-14-17(29-23(33)34)5-3-11-31(14)20-8-10-25-13-19(20)28-22-27-12-15-6-7-18(30-32(15)22)21-16(24)4-2-9-26-21/h2,4,6-10,12-14,17,29H,3,5,11H2,1H3,(H,27,28)(H,33,34)/t14-,17-/m0/s1. The number of imidazole rings is 1. The molecule has 2 atom stereocenters. The van der Waals surface area contributed by atoms with Gasteiger partial charge in [0.25, 0.3) is 0 Å². The number of pyridine rings is 2. The van der Waals surface area contributed by atoms with Crippen LogP contribution in [0.5, 0.6) is 0 Å². The molecule has 0 saturated carbocycles. The molecule has 0 radical (unpaired) electrons. The zero-order chi connectivity index (χ0) is 23.7. The normalized spacial score (nSPS) is 18.1. The molecule has 10 nitrogen and oxygen atoms in total. The van der Waals surface area contributed by atoms with Gasteiger partial charge in [-0.3, -0.25) is 9.97 Å². The van der Waals surface area contributed by atoms with Crippen LogP contribution >= 0.6 is 0 Å². The first-order valence-corrected chi connectivity index (χ1v) is 10.9. The van der Waals surface area contributed by atoms with Crippen LogP contribution in [0.15, 0.2) is 55.1 Å². The fourth-order valence-corrected chi connectivity index (χ4v) is 4.36. The molecule has 4 aromatic heterocycles. The highest BCUT2D eigenvalue weighted by molar-refractivity contribution is 5.74. The van der Waals surface area contributed by atoms with Crippen molar-refractivity contribution in [1.82, 2.24) is 29.9 Å². The lowest BCUT2D eigenvalue weighted by atomic mass is 9.96. The third kappa shape index (κ3) is 4.07. The number of rotatable bonds is 5. The summed E-state index contributed by atoms with van der Waals surface area (Å²) in [5, 5.41) is 19.7. The lowest BCUT2D eigenvalue weighted by molar-refractivity contribution is 0.184. The van der Waals surface area contributed by atoms with E-state index in [1.807, 2.05) is 13.0 Å². The maximum Gasteiger partial charge on any atom is 0.404 e.